The van der Waals surface area contributed by atoms with Gasteiger partial charge in [-0.3, -0.25) is 4.79 Å². The van der Waals surface area contributed by atoms with Crippen molar-refractivity contribution in [2.75, 3.05) is 14.2 Å². The van der Waals surface area contributed by atoms with E-state index in [0.29, 0.717) is 50.0 Å². The normalized spacial score (nSPS) is 11.4. The number of ether oxygens (including phenoxy) is 2. The monoisotopic (exact) mass is 480 g/mol. The molecule has 172 valence electrons. The molecule has 0 aliphatic carbocycles. The van der Waals surface area contributed by atoms with Gasteiger partial charge in [0.15, 0.2) is 16.8 Å². The topological polar surface area (TPSA) is 96.4 Å². The van der Waals surface area contributed by atoms with Gasteiger partial charge in [-0.25, -0.2) is 9.07 Å². The van der Waals surface area contributed by atoms with Crippen molar-refractivity contribution in [3.8, 4) is 16.8 Å². The molecule has 5 rings (SSSR count). The number of hydrogen-bond donors (Lipinski definition) is 0. The highest BCUT2D eigenvalue weighted by Gasteiger charge is 2.24. The van der Waals surface area contributed by atoms with Crippen molar-refractivity contribution in [2.24, 2.45) is 0 Å². The first-order chi connectivity index (χ1) is 16.5. The van der Waals surface area contributed by atoms with Crippen LogP contribution in [0.25, 0.3) is 33.6 Å². The van der Waals surface area contributed by atoms with Gasteiger partial charge in [-0.15, -0.1) is 10.2 Å². The molecule has 0 N–H and O–H groups in total. The number of fused-ring (bicyclic) bond motifs is 3. The Morgan fingerprint density at radius 2 is 1.74 bits per heavy atom. The molecule has 0 bridgehead atoms. The molecule has 34 heavy (non-hydrogen) atoms. The van der Waals surface area contributed by atoms with Crippen molar-refractivity contribution >= 4 is 34.4 Å². The molecule has 9 nitrogen and oxygen atoms in total. The average Bonchev–Trinajstić information content (AvgIpc) is 3.38. The van der Waals surface area contributed by atoms with E-state index in [1.165, 1.54) is 19.2 Å². The molecule has 5 aromatic rings. The molecule has 0 radical (unpaired) electrons. The lowest BCUT2D eigenvalue weighted by Crippen LogP contribution is -2.06. The second kappa shape index (κ2) is 8.81. The summed E-state index contributed by atoms with van der Waals surface area (Å²) >= 11 is 6.07. The third-order valence-electron chi connectivity index (χ3n) is 5.31. The van der Waals surface area contributed by atoms with Crippen LogP contribution in [0.3, 0.4) is 0 Å². The minimum atomic E-state index is -0.461. The summed E-state index contributed by atoms with van der Waals surface area (Å²) in [5, 5.41) is 18.7. The van der Waals surface area contributed by atoms with Gasteiger partial charge in [-0.1, -0.05) is 23.7 Å². The van der Waals surface area contributed by atoms with Gasteiger partial charge >= 0.3 is 5.97 Å². The minimum absolute atomic E-state index is 0.0925. The Hall–Kier alpha value is -3.89. The third kappa shape index (κ3) is 3.76. The summed E-state index contributed by atoms with van der Waals surface area (Å²) in [4.78, 5) is 12.0. The van der Waals surface area contributed by atoms with E-state index < -0.39 is 5.97 Å². The van der Waals surface area contributed by atoms with Crippen molar-refractivity contribution in [1.82, 2.24) is 29.6 Å². The molecule has 11 heteroatoms. The summed E-state index contributed by atoms with van der Waals surface area (Å²) in [7, 11) is 2.87. The number of halogens is 2. The van der Waals surface area contributed by atoms with Crippen LogP contribution in [0.1, 0.15) is 11.4 Å². The van der Waals surface area contributed by atoms with Crippen LogP contribution >= 0.6 is 11.6 Å². The van der Waals surface area contributed by atoms with E-state index in [9.17, 15) is 9.18 Å². The van der Waals surface area contributed by atoms with Crippen LogP contribution < -0.4 is 0 Å². The molecule has 2 aromatic carbocycles. The number of carbonyl (C=O) groups excluding carboxylic acids is 1. The van der Waals surface area contributed by atoms with Gasteiger partial charge < -0.3 is 9.47 Å². The van der Waals surface area contributed by atoms with Gasteiger partial charge in [0.25, 0.3) is 0 Å². The van der Waals surface area contributed by atoms with E-state index >= 15 is 0 Å². The van der Waals surface area contributed by atoms with Gasteiger partial charge in [-0.05, 0) is 42.0 Å². The first kappa shape index (κ1) is 21.9. The molecule has 0 unspecified atom stereocenters. The van der Waals surface area contributed by atoms with E-state index in [2.05, 4.69) is 15.3 Å². The molecule has 0 atom stereocenters. The Balaban J connectivity index is 1.83. The zero-order valence-electron chi connectivity index (χ0n) is 18.2. The van der Waals surface area contributed by atoms with E-state index in [0.717, 1.165) is 0 Å². The van der Waals surface area contributed by atoms with Crippen LogP contribution in [-0.2, 0) is 27.3 Å². The maximum Gasteiger partial charge on any atom is 0.311 e. The Bertz CT molecular complexity index is 1510. The van der Waals surface area contributed by atoms with Crippen molar-refractivity contribution in [2.45, 2.75) is 13.0 Å². The average molecular weight is 481 g/mol. The van der Waals surface area contributed by atoms with Crippen LogP contribution in [0.2, 0.25) is 5.02 Å². The Kier molecular flexibility index (Phi) is 5.68. The standard InChI is InChI=1S/C23H18ClFN6O3/c1-33-12-18-20(13-3-7-15(25)8-4-13)22-27-26-21-17(11-19(32)34-2)28-30(23(21)31(22)29-18)16-9-5-14(24)6-10-16/h3-10H,11-12H2,1-2H3. The summed E-state index contributed by atoms with van der Waals surface area (Å²) in [6, 6.07) is 13.1. The molecule has 0 fully saturated rings. The van der Waals surface area contributed by atoms with E-state index in [4.69, 9.17) is 26.2 Å². The van der Waals surface area contributed by atoms with Crippen LogP contribution in [0, 0.1) is 5.82 Å². The first-order valence-electron chi connectivity index (χ1n) is 10.2. The van der Waals surface area contributed by atoms with Crippen LogP contribution in [0.15, 0.2) is 48.5 Å². The Morgan fingerprint density at radius 1 is 1.00 bits per heavy atom. The molecular weight excluding hydrogens is 463 g/mol. The maximum absolute atomic E-state index is 13.6. The highest BCUT2D eigenvalue weighted by molar-refractivity contribution is 6.30. The highest BCUT2D eigenvalue weighted by atomic mass is 35.5. The number of carbonyl (C=O) groups is 1. The second-order valence-corrected chi connectivity index (χ2v) is 7.89. The smallest absolute Gasteiger partial charge is 0.311 e. The van der Waals surface area contributed by atoms with E-state index in [-0.39, 0.29) is 18.8 Å². The van der Waals surface area contributed by atoms with E-state index in [1.54, 1.807) is 52.7 Å². The summed E-state index contributed by atoms with van der Waals surface area (Å²) in [5.41, 5.74) is 4.37. The third-order valence-corrected chi connectivity index (χ3v) is 5.56. The van der Waals surface area contributed by atoms with Gasteiger partial charge in [0.1, 0.15) is 11.5 Å². The lowest BCUT2D eigenvalue weighted by Gasteiger charge is -2.05. The number of esters is 1. The lowest BCUT2D eigenvalue weighted by atomic mass is 10.1. The Morgan fingerprint density at radius 3 is 2.41 bits per heavy atom. The predicted octanol–water partition coefficient (Wildman–Crippen LogP) is 3.78. The first-order valence-corrected chi connectivity index (χ1v) is 10.6. The number of benzene rings is 2. The van der Waals surface area contributed by atoms with Crippen molar-refractivity contribution in [3.63, 3.8) is 0 Å². The molecule has 0 aliphatic rings. The lowest BCUT2D eigenvalue weighted by molar-refractivity contribution is -0.139. The zero-order chi connectivity index (χ0) is 23.8. The van der Waals surface area contributed by atoms with Crippen LogP contribution in [0.4, 0.5) is 4.39 Å². The van der Waals surface area contributed by atoms with E-state index in [1.807, 2.05) is 0 Å². The van der Waals surface area contributed by atoms with Gasteiger partial charge in [-0.2, -0.15) is 14.7 Å². The fraction of sp³-hybridized carbons (Fsp3) is 0.174. The number of methoxy groups -OCH3 is 2. The Labute approximate surface area is 197 Å². The molecule has 0 spiro atoms. The fourth-order valence-electron chi connectivity index (χ4n) is 3.77. The van der Waals surface area contributed by atoms with Gasteiger partial charge in [0.2, 0.25) is 0 Å². The number of hydrogen-bond acceptors (Lipinski definition) is 7. The zero-order valence-corrected chi connectivity index (χ0v) is 19.0. The maximum atomic E-state index is 13.6. The predicted molar refractivity (Wildman–Crippen MR) is 122 cm³/mol. The van der Waals surface area contributed by atoms with Crippen LogP contribution in [-0.4, -0.2) is 49.8 Å². The number of aromatic nitrogens is 6. The molecule has 3 aromatic heterocycles. The second-order valence-electron chi connectivity index (χ2n) is 7.46. The minimum Gasteiger partial charge on any atom is -0.469 e. The van der Waals surface area contributed by atoms with Crippen molar-refractivity contribution in [1.29, 1.82) is 0 Å². The van der Waals surface area contributed by atoms with Gasteiger partial charge in [0, 0.05) is 12.1 Å². The highest BCUT2D eigenvalue weighted by Crippen LogP contribution is 2.31. The molecule has 0 amide bonds. The molecule has 0 saturated heterocycles. The molecule has 0 saturated carbocycles. The molecular formula is C23H18ClFN6O3. The molecule has 3 heterocycles. The van der Waals surface area contributed by atoms with Crippen molar-refractivity contribution in [3.05, 3.63) is 70.8 Å². The van der Waals surface area contributed by atoms with Crippen molar-refractivity contribution < 1.29 is 18.7 Å². The number of nitrogens with zero attached hydrogens (tertiary/aromatic N) is 6. The number of rotatable bonds is 6. The molecule has 0 aliphatic heterocycles. The van der Waals surface area contributed by atoms with Gasteiger partial charge in [0.05, 0.1) is 37.1 Å². The van der Waals surface area contributed by atoms with Crippen LogP contribution in [0.5, 0.6) is 0 Å². The summed E-state index contributed by atoms with van der Waals surface area (Å²) in [6.07, 6.45) is -0.0925. The summed E-state index contributed by atoms with van der Waals surface area (Å²) < 4.78 is 27.0. The summed E-state index contributed by atoms with van der Waals surface area (Å²) in [6.45, 7) is 0.196. The SMILES string of the molecule is COCc1nn2c(nnc3c(CC(=O)OC)nn(-c4ccc(Cl)cc4)c32)c1-c1ccc(F)cc1. The fourth-order valence-corrected chi connectivity index (χ4v) is 3.89. The largest absolute Gasteiger partial charge is 0.469 e. The quantitative estimate of drug-likeness (QED) is 0.341. The summed E-state index contributed by atoms with van der Waals surface area (Å²) in [5.74, 6) is -0.813.